The summed E-state index contributed by atoms with van der Waals surface area (Å²) in [4.78, 5) is 11.9. The van der Waals surface area contributed by atoms with Crippen molar-refractivity contribution < 1.29 is 4.79 Å². The van der Waals surface area contributed by atoms with Crippen molar-refractivity contribution in [3.63, 3.8) is 0 Å². The van der Waals surface area contributed by atoms with Crippen LogP contribution < -0.4 is 10.6 Å². The maximum atomic E-state index is 11.9. The lowest BCUT2D eigenvalue weighted by molar-refractivity contribution is 0.246. The fraction of sp³-hybridized carbons (Fsp3) is 0.357. The minimum Gasteiger partial charge on any atom is -0.335 e. The van der Waals surface area contributed by atoms with Crippen LogP contribution in [0.15, 0.2) is 36.4 Å². The lowest BCUT2D eigenvalue weighted by atomic mass is 10.0. The number of anilines is 1. The summed E-state index contributed by atoms with van der Waals surface area (Å²) < 4.78 is 0. The standard InChI is InChI=1S/C14H15ClN2O/c15-11-2-1-3-12(8-11)16-14(18)17-13-7-9-4-5-10(13)6-9/h1-5,8-10,13H,6-7H2,(H2,16,17,18). The van der Waals surface area contributed by atoms with Crippen molar-refractivity contribution >= 4 is 23.3 Å². The van der Waals surface area contributed by atoms with Gasteiger partial charge < -0.3 is 10.6 Å². The van der Waals surface area contributed by atoms with Gasteiger partial charge in [-0.2, -0.15) is 0 Å². The molecule has 1 saturated carbocycles. The zero-order valence-electron chi connectivity index (χ0n) is 9.90. The van der Waals surface area contributed by atoms with Gasteiger partial charge in [-0.15, -0.1) is 0 Å². The number of urea groups is 1. The smallest absolute Gasteiger partial charge is 0.319 e. The zero-order valence-corrected chi connectivity index (χ0v) is 10.7. The van der Waals surface area contributed by atoms with E-state index in [2.05, 4.69) is 22.8 Å². The fourth-order valence-corrected chi connectivity index (χ4v) is 3.04. The van der Waals surface area contributed by atoms with Gasteiger partial charge in [-0.05, 0) is 42.9 Å². The molecule has 2 N–H and O–H groups in total. The number of nitrogens with one attached hydrogen (secondary N) is 2. The van der Waals surface area contributed by atoms with Gasteiger partial charge in [0.05, 0.1) is 0 Å². The third kappa shape index (κ3) is 2.36. The Labute approximate surface area is 111 Å². The number of hydrogen-bond donors (Lipinski definition) is 2. The number of allylic oxidation sites excluding steroid dienone is 1. The Hall–Kier alpha value is -1.48. The van der Waals surface area contributed by atoms with Crippen molar-refractivity contribution in [2.24, 2.45) is 11.8 Å². The predicted molar refractivity (Wildman–Crippen MR) is 72.7 cm³/mol. The summed E-state index contributed by atoms with van der Waals surface area (Å²) >= 11 is 5.87. The first kappa shape index (κ1) is 11.6. The van der Waals surface area contributed by atoms with E-state index in [4.69, 9.17) is 11.6 Å². The van der Waals surface area contributed by atoms with Gasteiger partial charge >= 0.3 is 6.03 Å². The molecule has 1 fully saturated rings. The van der Waals surface area contributed by atoms with Crippen LogP contribution in [0.4, 0.5) is 10.5 Å². The minimum atomic E-state index is -0.150. The van der Waals surface area contributed by atoms with Gasteiger partial charge in [0, 0.05) is 16.8 Å². The number of amides is 2. The number of hydrogen-bond acceptors (Lipinski definition) is 1. The van der Waals surface area contributed by atoms with E-state index in [9.17, 15) is 4.79 Å². The second kappa shape index (κ2) is 4.65. The molecule has 3 unspecified atom stereocenters. The van der Waals surface area contributed by atoms with Gasteiger partial charge in [0.25, 0.3) is 0 Å². The van der Waals surface area contributed by atoms with Gasteiger partial charge in [-0.3, -0.25) is 0 Å². The molecular weight excluding hydrogens is 248 g/mol. The van der Waals surface area contributed by atoms with E-state index < -0.39 is 0 Å². The van der Waals surface area contributed by atoms with Crippen LogP contribution in [0.1, 0.15) is 12.8 Å². The molecule has 2 aliphatic rings. The van der Waals surface area contributed by atoms with Crippen molar-refractivity contribution in [1.29, 1.82) is 0 Å². The summed E-state index contributed by atoms with van der Waals surface area (Å²) in [5, 5.41) is 6.47. The van der Waals surface area contributed by atoms with E-state index in [1.807, 2.05) is 12.1 Å². The van der Waals surface area contributed by atoms with E-state index >= 15 is 0 Å². The highest BCUT2D eigenvalue weighted by Crippen LogP contribution is 2.38. The number of halogens is 1. The Kier molecular flexibility index (Phi) is 3.00. The third-order valence-corrected chi connectivity index (χ3v) is 3.91. The minimum absolute atomic E-state index is 0.150. The van der Waals surface area contributed by atoms with Crippen molar-refractivity contribution in [3.8, 4) is 0 Å². The van der Waals surface area contributed by atoms with Crippen LogP contribution in [0.5, 0.6) is 0 Å². The highest BCUT2D eigenvalue weighted by Gasteiger charge is 2.36. The molecule has 4 heteroatoms. The maximum Gasteiger partial charge on any atom is 0.319 e. The van der Waals surface area contributed by atoms with Gasteiger partial charge in [0.2, 0.25) is 0 Å². The number of benzene rings is 1. The molecule has 94 valence electrons. The summed E-state index contributed by atoms with van der Waals surface area (Å²) in [5.74, 6) is 1.17. The number of carbonyl (C=O) groups is 1. The number of rotatable bonds is 2. The van der Waals surface area contributed by atoms with E-state index in [1.54, 1.807) is 12.1 Å². The molecule has 0 radical (unpaired) electrons. The molecule has 2 amide bonds. The molecule has 0 spiro atoms. The fourth-order valence-electron chi connectivity index (χ4n) is 2.85. The highest BCUT2D eigenvalue weighted by molar-refractivity contribution is 6.30. The SMILES string of the molecule is O=C(Nc1cccc(Cl)c1)NC1CC2C=CC1C2. The second-order valence-electron chi connectivity index (χ2n) is 5.00. The molecule has 3 atom stereocenters. The predicted octanol–water partition coefficient (Wildman–Crippen LogP) is 3.43. The van der Waals surface area contributed by atoms with Gasteiger partial charge in [-0.25, -0.2) is 4.79 Å². The summed E-state index contributed by atoms with van der Waals surface area (Å²) in [5.41, 5.74) is 0.721. The van der Waals surface area contributed by atoms with Crippen LogP contribution in [0.3, 0.4) is 0 Å². The van der Waals surface area contributed by atoms with Crippen molar-refractivity contribution in [2.45, 2.75) is 18.9 Å². The lowest BCUT2D eigenvalue weighted by Gasteiger charge is -2.20. The molecule has 0 heterocycles. The molecular formula is C14H15ClN2O. The van der Waals surface area contributed by atoms with Crippen LogP contribution in [0.25, 0.3) is 0 Å². The van der Waals surface area contributed by atoms with Gasteiger partial charge in [0.15, 0.2) is 0 Å². The molecule has 2 aliphatic carbocycles. The molecule has 0 aliphatic heterocycles. The van der Waals surface area contributed by atoms with Gasteiger partial charge in [-0.1, -0.05) is 29.8 Å². The maximum absolute atomic E-state index is 11.9. The summed E-state index contributed by atoms with van der Waals surface area (Å²) in [7, 11) is 0. The first-order valence-electron chi connectivity index (χ1n) is 6.22. The van der Waals surface area contributed by atoms with Crippen molar-refractivity contribution in [2.75, 3.05) is 5.32 Å². The van der Waals surface area contributed by atoms with Crippen LogP contribution in [-0.4, -0.2) is 12.1 Å². The first-order chi connectivity index (χ1) is 8.70. The van der Waals surface area contributed by atoms with Gasteiger partial charge in [0.1, 0.15) is 0 Å². The zero-order chi connectivity index (χ0) is 12.5. The molecule has 3 nitrogen and oxygen atoms in total. The lowest BCUT2D eigenvalue weighted by Crippen LogP contribution is -2.40. The molecule has 1 aromatic carbocycles. The first-order valence-corrected chi connectivity index (χ1v) is 6.60. The highest BCUT2D eigenvalue weighted by atomic mass is 35.5. The quantitative estimate of drug-likeness (QED) is 0.788. The van der Waals surface area contributed by atoms with E-state index in [1.165, 1.54) is 6.42 Å². The largest absolute Gasteiger partial charge is 0.335 e. The van der Waals surface area contributed by atoms with Crippen molar-refractivity contribution in [1.82, 2.24) is 5.32 Å². The monoisotopic (exact) mass is 262 g/mol. The summed E-state index contributed by atoms with van der Waals surface area (Å²) in [6, 6.07) is 7.29. The van der Waals surface area contributed by atoms with Crippen LogP contribution in [0, 0.1) is 11.8 Å². The Bertz CT molecular complexity index is 500. The average Bonchev–Trinajstić information content (AvgIpc) is 2.90. The number of fused-ring (bicyclic) bond motifs is 2. The third-order valence-electron chi connectivity index (χ3n) is 3.68. The Morgan fingerprint density at radius 3 is 2.83 bits per heavy atom. The van der Waals surface area contributed by atoms with Crippen molar-refractivity contribution in [3.05, 3.63) is 41.4 Å². The Morgan fingerprint density at radius 2 is 2.17 bits per heavy atom. The van der Waals surface area contributed by atoms with E-state index in [0.717, 1.165) is 12.1 Å². The number of carbonyl (C=O) groups excluding carboxylic acids is 1. The molecule has 0 aromatic heterocycles. The average molecular weight is 263 g/mol. The summed E-state index contributed by atoms with van der Waals surface area (Å²) in [6.45, 7) is 0. The molecule has 18 heavy (non-hydrogen) atoms. The van der Waals surface area contributed by atoms with Crippen LogP contribution in [-0.2, 0) is 0 Å². The van der Waals surface area contributed by atoms with Crippen LogP contribution >= 0.6 is 11.6 Å². The van der Waals surface area contributed by atoms with E-state index in [-0.39, 0.29) is 12.1 Å². The molecule has 3 rings (SSSR count). The van der Waals surface area contributed by atoms with Crippen LogP contribution in [0.2, 0.25) is 5.02 Å². The molecule has 1 aromatic rings. The topological polar surface area (TPSA) is 41.1 Å². The Balaban J connectivity index is 1.58. The molecule has 2 bridgehead atoms. The molecule has 0 saturated heterocycles. The summed E-state index contributed by atoms with van der Waals surface area (Å²) in [6.07, 6.45) is 6.72. The Morgan fingerprint density at radius 1 is 1.28 bits per heavy atom. The van der Waals surface area contributed by atoms with E-state index in [0.29, 0.717) is 16.9 Å². The normalized spacial score (nSPS) is 28.4. The second-order valence-corrected chi connectivity index (χ2v) is 5.43.